The van der Waals surface area contributed by atoms with E-state index in [1.807, 2.05) is 6.07 Å². The summed E-state index contributed by atoms with van der Waals surface area (Å²) in [6.45, 7) is 0. The number of H-pyrrole nitrogens is 1. The van der Waals surface area contributed by atoms with Crippen molar-refractivity contribution in [2.75, 3.05) is 0 Å². The van der Waals surface area contributed by atoms with Crippen LogP contribution in [0.1, 0.15) is 0 Å². The van der Waals surface area contributed by atoms with Crippen molar-refractivity contribution in [2.45, 2.75) is 0 Å². The van der Waals surface area contributed by atoms with Crippen molar-refractivity contribution in [3.05, 3.63) is 78.9 Å². The maximum atomic E-state index is 14.3. The lowest BCUT2D eigenvalue weighted by molar-refractivity contribution is 0.504. The van der Waals surface area contributed by atoms with Crippen molar-refractivity contribution in [3.63, 3.8) is 0 Å². The molecule has 29 heavy (non-hydrogen) atoms. The molecule has 4 heterocycles. The normalized spacial score (nSPS) is 11.3. The Kier molecular flexibility index (Phi) is 3.87. The predicted octanol–water partition coefficient (Wildman–Crippen LogP) is 4.29. The number of fused-ring (bicyclic) bond motifs is 1. The smallest absolute Gasteiger partial charge is 0.212 e. The Hall–Kier alpha value is -4.01. The number of pyridine rings is 2. The highest BCUT2D eigenvalue weighted by Crippen LogP contribution is 2.31. The second-order valence-electron chi connectivity index (χ2n) is 6.29. The molecule has 1 aromatic carbocycles. The van der Waals surface area contributed by atoms with Crippen molar-refractivity contribution in [1.82, 2.24) is 29.7 Å². The maximum Gasteiger partial charge on any atom is 0.212 e. The van der Waals surface area contributed by atoms with Crippen molar-refractivity contribution >= 4 is 11.0 Å². The minimum Gasteiger partial charge on any atom is -0.345 e. The van der Waals surface area contributed by atoms with Gasteiger partial charge in [0.15, 0.2) is 17.5 Å². The number of benzene rings is 1. The van der Waals surface area contributed by atoms with E-state index < -0.39 is 17.6 Å². The van der Waals surface area contributed by atoms with Gasteiger partial charge in [-0.15, -0.1) is 10.2 Å². The minimum absolute atomic E-state index is 0.00815. The summed E-state index contributed by atoms with van der Waals surface area (Å²) < 4.78 is 42.5. The van der Waals surface area contributed by atoms with Gasteiger partial charge < -0.3 is 4.98 Å². The first kappa shape index (κ1) is 17.1. The molecule has 0 aliphatic carbocycles. The van der Waals surface area contributed by atoms with Crippen LogP contribution in [0, 0.1) is 17.6 Å². The molecule has 0 saturated heterocycles. The lowest BCUT2D eigenvalue weighted by Crippen LogP contribution is -2.01. The van der Waals surface area contributed by atoms with Crippen LogP contribution in [0.15, 0.2) is 61.3 Å². The van der Waals surface area contributed by atoms with Crippen LogP contribution in [0.25, 0.3) is 39.2 Å². The van der Waals surface area contributed by atoms with E-state index in [0.717, 1.165) is 6.07 Å². The standard InChI is InChI=1S/C20H11F3N6/c21-15-2-1-3-16(18(15)23)29-10-27-28-20(29)14-9-26-19-13(14)6-12(8-25-19)11-4-5-17(22)24-7-11/h1-10H,(H,25,26). The Labute approximate surface area is 161 Å². The Balaban J connectivity index is 1.67. The van der Waals surface area contributed by atoms with Gasteiger partial charge in [-0.1, -0.05) is 6.07 Å². The molecule has 0 saturated carbocycles. The first-order valence-corrected chi connectivity index (χ1v) is 8.55. The van der Waals surface area contributed by atoms with E-state index in [2.05, 4.69) is 25.1 Å². The third-order valence-electron chi connectivity index (χ3n) is 4.57. The Bertz CT molecular complexity index is 1340. The molecule has 0 radical (unpaired) electrons. The molecule has 0 amide bonds. The zero-order valence-corrected chi connectivity index (χ0v) is 14.6. The average molecular weight is 392 g/mol. The van der Waals surface area contributed by atoms with E-state index in [0.29, 0.717) is 33.5 Å². The molecule has 6 nitrogen and oxygen atoms in total. The van der Waals surface area contributed by atoms with E-state index in [1.165, 1.54) is 35.3 Å². The Morgan fingerprint density at radius 3 is 2.62 bits per heavy atom. The third-order valence-corrected chi connectivity index (χ3v) is 4.57. The van der Waals surface area contributed by atoms with Crippen LogP contribution in [-0.4, -0.2) is 29.7 Å². The summed E-state index contributed by atoms with van der Waals surface area (Å²) in [5.41, 5.74) is 2.57. The number of halogens is 3. The molecule has 4 aromatic heterocycles. The second-order valence-corrected chi connectivity index (χ2v) is 6.29. The molecular weight excluding hydrogens is 381 g/mol. The first-order chi connectivity index (χ1) is 14.1. The van der Waals surface area contributed by atoms with Gasteiger partial charge in [0.05, 0.1) is 5.69 Å². The maximum absolute atomic E-state index is 14.3. The van der Waals surface area contributed by atoms with Crippen molar-refractivity contribution in [3.8, 4) is 28.2 Å². The molecule has 0 aliphatic heterocycles. The summed E-state index contributed by atoms with van der Waals surface area (Å²) in [4.78, 5) is 11.1. The number of rotatable bonds is 3. The van der Waals surface area contributed by atoms with Gasteiger partial charge in [-0.25, -0.2) is 18.7 Å². The largest absolute Gasteiger partial charge is 0.345 e. The fourth-order valence-electron chi connectivity index (χ4n) is 3.17. The molecule has 0 spiro atoms. The Morgan fingerprint density at radius 2 is 1.79 bits per heavy atom. The van der Waals surface area contributed by atoms with Crippen LogP contribution in [0.2, 0.25) is 0 Å². The molecule has 1 N–H and O–H groups in total. The SMILES string of the molecule is Fc1ccc(-c2cnc3[nH]cc(-c4nncn4-c4cccc(F)c4F)c3c2)cn1. The van der Waals surface area contributed by atoms with Gasteiger partial charge in [0.2, 0.25) is 5.95 Å². The summed E-state index contributed by atoms with van der Waals surface area (Å²) in [5, 5.41) is 8.64. The molecule has 142 valence electrons. The second kappa shape index (κ2) is 6.55. The molecule has 9 heteroatoms. The number of nitrogens with one attached hydrogen (secondary N) is 1. The van der Waals surface area contributed by atoms with E-state index in [9.17, 15) is 13.2 Å². The van der Waals surface area contributed by atoms with E-state index in [4.69, 9.17) is 0 Å². The molecule has 5 rings (SSSR count). The molecule has 0 fully saturated rings. The van der Waals surface area contributed by atoms with Crippen LogP contribution in [0.5, 0.6) is 0 Å². The fourth-order valence-corrected chi connectivity index (χ4v) is 3.17. The molecule has 0 aliphatic rings. The molecule has 0 bridgehead atoms. The summed E-state index contributed by atoms with van der Waals surface area (Å²) in [7, 11) is 0. The van der Waals surface area contributed by atoms with E-state index in [1.54, 1.807) is 18.5 Å². The van der Waals surface area contributed by atoms with Gasteiger partial charge in [-0.2, -0.15) is 4.39 Å². The number of aromatic amines is 1. The van der Waals surface area contributed by atoms with Gasteiger partial charge >= 0.3 is 0 Å². The molecule has 5 aromatic rings. The van der Waals surface area contributed by atoms with Crippen molar-refractivity contribution < 1.29 is 13.2 Å². The summed E-state index contributed by atoms with van der Waals surface area (Å²) >= 11 is 0. The Morgan fingerprint density at radius 1 is 0.931 bits per heavy atom. The molecule has 0 atom stereocenters. The van der Waals surface area contributed by atoms with Crippen LogP contribution in [0.4, 0.5) is 13.2 Å². The zero-order chi connectivity index (χ0) is 20.0. The van der Waals surface area contributed by atoms with Crippen molar-refractivity contribution in [2.24, 2.45) is 0 Å². The van der Waals surface area contributed by atoms with Gasteiger partial charge in [0.1, 0.15) is 12.0 Å². The highest BCUT2D eigenvalue weighted by atomic mass is 19.2. The van der Waals surface area contributed by atoms with E-state index in [-0.39, 0.29) is 5.69 Å². The first-order valence-electron chi connectivity index (χ1n) is 8.55. The number of nitrogens with zero attached hydrogens (tertiary/aromatic N) is 5. The summed E-state index contributed by atoms with van der Waals surface area (Å²) in [5.74, 6) is -2.22. The van der Waals surface area contributed by atoms with E-state index >= 15 is 0 Å². The lowest BCUT2D eigenvalue weighted by atomic mass is 10.1. The highest BCUT2D eigenvalue weighted by Gasteiger charge is 2.18. The molecular formula is C20H11F3N6. The summed E-state index contributed by atoms with van der Waals surface area (Å²) in [6.07, 6.45) is 6.03. The van der Waals surface area contributed by atoms with Gasteiger partial charge in [-0.3, -0.25) is 4.57 Å². The molecule has 0 unspecified atom stereocenters. The lowest BCUT2D eigenvalue weighted by Gasteiger charge is -2.08. The minimum atomic E-state index is -0.996. The number of hydrogen-bond acceptors (Lipinski definition) is 4. The highest BCUT2D eigenvalue weighted by molar-refractivity contribution is 5.94. The van der Waals surface area contributed by atoms with Crippen LogP contribution in [0.3, 0.4) is 0 Å². The van der Waals surface area contributed by atoms with Gasteiger partial charge in [-0.05, 0) is 30.3 Å². The predicted molar refractivity (Wildman–Crippen MR) is 99.6 cm³/mol. The average Bonchev–Trinajstić information content (AvgIpc) is 3.36. The van der Waals surface area contributed by atoms with Gasteiger partial charge in [0, 0.05) is 40.7 Å². The van der Waals surface area contributed by atoms with Crippen LogP contribution >= 0.6 is 0 Å². The van der Waals surface area contributed by atoms with Crippen molar-refractivity contribution in [1.29, 1.82) is 0 Å². The number of aromatic nitrogens is 6. The topological polar surface area (TPSA) is 72.3 Å². The monoisotopic (exact) mass is 392 g/mol. The zero-order valence-electron chi connectivity index (χ0n) is 14.6. The summed E-state index contributed by atoms with van der Waals surface area (Å²) in [6, 6.07) is 8.59. The van der Waals surface area contributed by atoms with Gasteiger partial charge in [0.25, 0.3) is 0 Å². The fraction of sp³-hybridized carbons (Fsp3) is 0. The quantitative estimate of drug-likeness (QED) is 0.465. The van der Waals surface area contributed by atoms with Crippen LogP contribution < -0.4 is 0 Å². The number of hydrogen-bond donors (Lipinski definition) is 1. The van der Waals surface area contributed by atoms with Crippen LogP contribution in [-0.2, 0) is 0 Å². The third kappa shape index (κ3) is 2.83.